The summed E-state index contributed by atoms with van der Waals surface area (Å²) in [6, 6.07) is 16.2. The fourth-order valence-corrected chi connectivity index (χ4v) is 4.39. The number of hydrogen-bond acceptors (Lipinski definition) is 4. The number of likely N-dealkylation sites (tertiary alicyclic amines) is 1. The minimum atomic E-state index is -0.625. The number of para-hydroxylation sites is 2. The van der Waals surface area contributed by atoms with Crippen molar-refractivity contribution < 1.29 is 19.4 Å². The minimum Gasteiger partial charge on any atom is -0.485 e. The molecule has 2 aromatic carbocycles. The van der Waals surface area contributed by atoms with Crippen LogP contribution in [0.15, 0.2) is 48.5 Å². The van der Waals surface area contributed by atoms with Crippen LogP contribution in [0, 0.1) is 17.8 Å². The molecular weight excluding hydrogens is 330 g/mol. The van der Waals surface area contributed by atoms with Gasteiger partial charge in [0.1, 0.15) is 6.61 Å². The average molecular weight is 351 g/mol. The third-order valence-electron chi connectivity index (χ3n) is 5.82. The van der Waals surface area contributed by atoms with E-state index in [4.69, 9.17) is 14.6 Å². The van der Waals surface area contributed by atoms with Crippen LogP contribution in [0.25, 0.3) is 0 Å². The second kappa shape index (κ2) is 6.02. The van der Waals surface area contributed by atoms with Crippen molar-refractivity contribution in [3.05, 3.63) is 59.7 Å². The van der Waals surface area contributed by atoms with Crippen LogP contribution in [-0.2, 0) is 11.3 Å². The van der Waals surface area contributed by atoms with Gasteiger partial charge in [0.05, 0.1) is 5.92 Å². The normalized spacial score (nSPS) is 29.2. The van der Waals surface area contributed by atoms with E-state index in [1.807, 2.05) is 24.3 Å². The number of benzene rings is 2. The molecule has 26 heavy (non-hydrogen) atoms. The minimum absolute atomic E-state index is 0.0882. The molecule has 0 aromatic heterocycles. The Balaban J connectivity index is 1.20. The number of carboxylic acids is 1. The van der Waals surface area contributed by atoms with Crippen molar-refractivity contribution in [1.82, 2.24) is 4.90 Å². The second-order valence-electron chi connectivity index (χ2n) is 7.49. The van der Waals surface area contributed by atoms with Crippen molar-refractivity contribution in [1.29, 1.82) is 0 Å². The topological polar surface area (TPSA) is 59.0 Å². The molecule has 2 aromatic rings. The van der Waals surface area contributed by atoms with Crippen molar-refractivity contribution in [2.24, 2.45) is 17.8 Å². The first-order chi connectivity index (χ1) is 12.7. The van der Waals surface area contributed by atoms with Gasteiger partial charge in [-0.15, -0.1) is 0 Å². The van der Waals surface area contributed by atoms with Crippen LogP contribution in [0.1, 0.15) is 17.2 Å². The zero-order chi connectivity index (χ0) is 17.7. The number of carbonyl (C=O) groups is 1. The first kappa shape index (κ1) is 15.7. The van der Waals surface area contributed by atoms with E-state index >= 15 is 0 Å². The summed E-state index contributed by atoms with van der Waals surface area (Å²) in [6.45, 7) is 3.20. The van der Waals surface area contributed by atoms with E-state index in [1.54, 1.807) is 0 Å². The van der Waals surface area contributed by atoms with Crippen molar-refractivity contribution in [3.8, 4) is 11.5 Å². The van der Waals surface area contributed by atoms with E-state index in [-0.39, 0.29) is 12.0 Å². The fraction of sp³-hybridized carbons (Fsp3) is 0.381. The number of nitrogens with zero attached hydrogens (tertiary/aromatic N) is 1. The van der Waals surface area contributed by atoms with Gasteiger partial charge in [-0.25, -0.2) is 0 Å². The van der Waals surface area contributed by atoms with E-state index in [0.29, 0.717) is 18.4 Å². The molecule has 1 unspecified atom stereocenters. The summed E-state index contributed by atoms with van der Waals surface area (Å²) in [7, 11) is 0. The summed E-state index contributed by atoms with van der Waals surface area (Å²) in [6.07, 6.45) is -0.0882. The molecule has 0 spiro atoms. The second-order valence-corrected chi connectivity index (χ2v) is 7.49. The molecule has 5 rings (SSSR count). The molecule has 2 fully saturated rings. The molecule has 5 nitrogen and oxygen atoms in total. The Labute approximate surface area is 152 Å². The molecule has 1 saturated heterocycles. The Kier molecular flexibility index (Phi) is 3.64. The van der Waals surface area contributed by atoms with E-state index in [1.165, 1.54) is 5.56 Å². The van der Waals surface area contributed by atoms with Crippen molar-refractivity contribution in [2.75, 3.05) is 19.7 Å². The van der Waals surface area contributed by atoms with Crippen molar-refractivity contribution in [2.45, 2.75) is 12.6 Å². The average Bonchev–Trinajstić information content (AvgIpc) is 3.19. The monoisotopic (exact) mass is 351 g/mol. The highest BCUT2D eigenvalue weighted by Crippen LogP contribution is 2.52. The summed E-state index contributed by atoms with van der Waals surface area (Å²) in [4.78, 5) is 13.4. The summed E-state index contributed by atoms with van der Waals surface area (Å²) in [5.74, 6) is 1.59. The Morgan fingerprint density at radius 3 is 2.42 bits per heavy atom. The van der Waals surface area contributed by atoms with Gasteiger partial charge in [-0.05, 0) is 35.1 Å². The van der Waals surface area contributed by atoms with Crippen LogP contribution in [0.2, 0.25) is 0 Å². The van der Waals surface area contributed by atoms with E-state index in [2.05, 4.69) is 29.2 Å². The summed E-state index contributed by atoms with van der Waals surface area (Å²) < 4.78 is 11.8. The van der Waals surface area contributed by atoms with E-state index < -0.39 is 5.97 Å². The molecular formula is C21H21NO4. The Morgan fingerprint density at radius 1 is 1.04 bits per heavy atom. The van der Waals surface area contributed by atoms with Crippen LogP contribution >= 0.6 is 0 Å². The van der Waals surface area contributed by atoms with E-state index in [9.17, 15) is 4.79 Å². The third-order valence-corrected chi connectivity index (χ3v) is 5.82. The van der Waals surface area contributed by atoms with Crippen LogP contribution in [-0.4, -0.2) is 35.7 Å². The molecule has 2 heterocycles. The van der Waals surface area contributed by atoms with Crippen molar-refractivity contribution in [3.63, 3.8) is 0 Å². The predicted molar refractivity (Wildman–Crippen MR) is 95.1 cm³/mol. The van der Waals surface area contributed by atoms with Gasteiger partial charge >= 0.3 is 5.97 Å². The summed E-state index contributed by atoms with van der Waals surface area (Å²) in [5.41, 5.74) is 2.36. The zero-order valence-corrected chi connectivity index (χ0v) is 14.4. The number of carboxylic acid groups (broad SMARTS) is 1. The smallest absolute Gasteiger partial charge is 0.307 e. The highest BCUT2D eigenvalue weighted by Gasteiger charge is 2.59. The van der Waals surface area contributed by atoms with Gasteiger partial charge in [-0.2, -0.15) is 0 Å². The maximum absolute atomic E-state index is 11.1. The molecule has 2 aliphatic heterocycles. The molecule has 134 valence electrons. The van der Waals surface area contributed by atoms with Gasteiger partial charge in [-0.3, -0.25) is 9.69 Å². The van der Waals surface area contributed by atoms with Gasteiger partial charge in [0, 0.05) is 19.6 Å². The molecule has 0 bridgehead atoms. The largest absolute Gasteiger partial charge is 0.485 e. The zero-order valence-electron chi connectivity index (χ0n) is 14.4. The first-order valence-electron chi connectivity index (χ1n) is 9.11. The molecule has 0 amide bonds. The standard InChI is InChI=1S/C21H21NO4/c23-21(24)20-15-10-22(11-16(15)20)9-13-5-7-14(8-6-13)19-12-25-17-3-1-2-4-18(17)26-19/h1-8,15-16,19-20H,9-12H2,(H,23,24)/t15-,16?,19+,20+/m0/s1. The molecule has 0 radical (unpaired) electrons. The molecule has 1 aliphatic carbocycles. The lowest BCUT2D eigenvalue weighted by molar-refractivity contribution is -0.139. The van der Waals surface area contributed by atoms with Gasteiger partial charge < -0.3 is 14.6 Å². The molecule has 5 heteroatoms. The Morgan fingerprint density at radius 2 is 1.73 bits per heavy atom. The maximum atomic E-state index is 11.1. The Bertz CT molecular complexity index is 822. The van der Waals surface area contributed by atoms with Gasteiger partial charge in [-0.1, -0.05) is 36.4 Å². The third kappa shape index (κ3) is 2.72. The van der Waals surface area contributed by atoms with Gasteiger partial charge in [0.25, 0.3) is 0 Å². The summed E-state index contributed by atoms with van der Waals surface area (Å²) in [5, 5.41) is 9.11. The van der Waals surface area contributed by atoms with Crippen molar-refractivity contribution >= 4 is 5.97 Å². The number of hydrogen-bond donors (Lipinski definition) is 1. The quantitative estimate of drug-likeness (QED) is 0.918. The highest BCUT2D eigenvalue weighted by atomic mass is 16.6. The molecule has 1 N–H and O–H groups in total. The SMILES string of the molecule is O=C(O)[C@H]1C2CN(Cc3ccc([C@H]4COc5ccccc5O4)cc3)C[C@@H]21. The van der Waals surface area contributed by atoms with Crippen LogP contribution in [0.4, 0.5) is 0 Å². The lowest BCUT2D eigenvalue weighted by atomic mass is 10.1. The number of fused-ring (bicyclic) bond motifs is 2. The highest BCUT2D eigenvalue weighted by molar-refractivity contribution is 5.74. The molecule has 4 atom stereocenters. The lowest BCUT2D eigenvalue weighted by Crippen LogP contribution is -2.26. The lowest BCUT2D eigenvalue weighted by Gasteiger charge is -2.27. The number of aliphatic carboxylic acids is 1. The molecule has 1 saturated carbocycles. The number of ether oxygens (including phenoxy) is 2. The number of piperidine rings is 1. The maximum Gasteiger partial charge on any atom is 0.307 e. The van der Waals surface area contributed by atoms with Crippen LogP contribution < -0.4 is 9.47 Å². The fourth-order valence-electron chi connectivity index (χ4n) is 4.39. The van der Waals surface area contributed by atoms with Crippen LogP contribution in [0.3, 0.4) is 0 Å². The van der Waals surface area contributed by atoms with Crippen LogP contribution in [0.5, 0.6) is 11.5 Å². The first-order valence-corrected chi connectivity index (χ1v) is 9.11. The summed E-state index contributed by atoms with van der Waals surface area (Å²) >= 11 is 0. The van der Waals surface area contributed by atoms with Gasteiger partial charge in [0.2, 0.25) is 0 Å². The molecule has 3 aliphatic rings. The number of rotatable bonds is 4. The van der Waals surface area contributed by atoms with E-state index in [0.717, 1.165) is 36.7 Å². The predicted octanol–water partition coefficient (Wildman–Crippen LogP) is 2.96. The Hall–Kier alpha value is -2.53. The van der Waals surface area contributed by atoms with Gasteiger partial charge in [0.15, 0.2) is 17.6 Å².